The molecule has 1 unspecified atom stereocenters. The van der Waals surface area contributed by atoms with Crippen molar-refractivity contribution in [3.63, 3.8) is 0 Å². The number of carbonyl (C=O) groups excluding carboxylic acids is 1. The first kappa shape index (κ1) is 15.6. The van der Waals surface area contributed by atoms with Crippen LogP contribution in [0.15, 0.2) is 53.9 Å². The highest BCUT2D eigenvalue weighted by Crippen LogP contribution is 2.33. The van der Waals surface area contributed by atoms with E-state index in [0.717, 1.165) is 11.3 Å². The molecule has 1 aliphatic rings. The van der Waals surface area contributed by atoms with Crippen LogP contribution in [0.25, 0.3) is 0 Å². The summed E-state index contributed by atoms with van der Waals surface area (Å²) in [5.74, 6) is -0.596. The molecule has 0 saturated carbocycles. The summed E-state index contributed by atoms with van der Waals surface area (Å²) in [6, 6.07) is 12.5. The lowest BCUT2D eigenvalue weighted by Crippen LogP contribution is -2.13. The third kappa shape index (κ3) is 3.40. The van der Waals surface area contributed by atoms with E-state index in [4.69, 9.17) is 10.5 Å². The highest BCUT2D eigenvalue weighted by Gasteiger charge is 2.24. The maximum absolute atomic E-state index is 14.7. The summed E-state index contributed by atoms with van der Waals surface area (Å²) >= 11 is 1.62. The van der Waals surface area contributed by atoms with Crippen LogP contribution < -0.4 is 5.73 Å². The zero-order chi connectivity index (χ0) is 16.2. The molecule has 1 heterocycles. The van der Waals surface area contributed by atoms with Crippen LogP contribution in [0, 0.1) is 5.82 Å². The van der Waals surface area contributed by atoms with Gasteiger partial charge in [0.1, 0.15) is 18.0 Å². The summed E-state index contributed by atoms with van der Waals surface area (Å²) in [6.07, 6.45) is 1.93. The Morgan fingerprint density at radius 3 is 2.74 bits per heavy atom. The van der Waals surface area contributed by atoms with Crippen molar-refractivity contribution >= 4 is 23.4 Å². The number of esters is 1. The van der Waals surface area contributed by atoms with Gasteiger partial charge in [0.25, 0.3) is 0 Å². The van der Waals surface area contributed by atoms with Gasteiger partial charge in [0.05, 0.1) is 0 Å². The number of thioether (sulfide) groups is 1. The predicted molar refractivity (Wildman–Crippen MR) is 90.7 cm³/mol. The van der Waals surface area contributed by atoms with E-state index in [2.05, 4.69) is 0 Å². The van der Waals surface area contributed by atoms with Crippen molar-refractivity contribution < 1.29 is 13.9 Å². The molecule has 0 fully saturated rings. The van der Waals surface area contributed by atoms with Gasteiger partial charge in [-0.2, -0.15) is 0 Å². The van der Waals surface area contributed by atoms with Crippen molar-refractivity contribution in [1.29, 1.82) is 0 Å². The molecule has 3 nitrogen and oxygen atoms in total. The minimum Gasteiger partial charge on any atom is -0.457 e. The van der Waals surface area contributed by atoms with Gasteiger partial charge in [-0.15, -0.1) is 11.8 Å². The number of benzene rings is 2. The topological polar surface area (TPSA) is 52.3 Å². The van der Waals surface area contributed by atoms with Gasteiger partial charge in [-0.1, -0.05) is 42.5 Å². The molecule has 23 heavy (non-hydrogen) atoms. The van der Waals surface area contributed by atoms with Gasteiger partial charge >= 0.3 is 5.97 Å². The Balaban J connectivity index is 1.82. The quantitative estimate of drug-likeness (QED) is 0.677. The minimum absolute atomic E-state index is 0.0405. The van der Waals surface area contributed by atoms with Crippen LogP contribution in [0.3, 0.4) is 0 Å². The van der Waals surface area contributed by atoms with Crippen molar-refractivity contribution in [1.82, 2.24) is 0 Å². The lowest BCUT2D eigenvalue weighted by molar-refractivity contribution is 0.0468. The second kappa shape index (κ2) is 6.87. The molecule has 0 amide bonds. The van der Waals surface area contributed by atoms with Crippen LogP contribution in [-0.4, -0.2) is 11.7 Å². The zero-order valence-corrected chi connectivity index (χ0v) is 13.2. The Labute approximate surface area is 138 Å². The van der Waals surface area contributed by atoms with Crippen molar-refractivity contribution in [2.24, 2.45) is 0 Å². The summed E-state index contributed by atoms with van der Waals surface area (Å²) in [6.45, 7) is 0.0853. The second-order valence-electron chi connectivity index (χ2n) is 5.26. The Morgan fingerprint density at radius 1 is 1.26 bits per heavy atom. The molecular formula is C18H16FNO2S. The Morgan fingerprint density at radius 2 is 2.04 bits per heavy atom. The molecular weight excluding hydrogens is 313 g/mol. The van der Waals surface area contributed by atoms with Gasteiger partial charge in [-0.25, -0.2) is 9.18 Å². The SMILES string of the molecule is Nc1ccc(C2C=CSC2)c(F)c1C(=O)OCc1ccccc1. The molecule has 5 heteroatoms. The summed E-state index contributed by atoms with van der Waals surface area (Å²) in [5, 5.41) is 1.94. The molecule has 2 N–H and O–H groups in total. The number of hydrogen-bond acceptors (Lipinski definition) is 4. The number of carbonyl (C=O) groups is 1. The van der Waals surface area contributed by atoms with Crippen LogP contribution in [0.4, 0.5) is 10.1 Å². The van der Waals surface area contributed by atoms with E-state index < -0.39 is 11.8 Å². The van der Waals surface area contributed by atoms with Crippen LogP contribution in [0.5, 0.6) is 0 Å². The van der Waals surface area contributed by atoms with Crippen LogP contribution in [0.1, 0.15) is 27.4 Å². The number of allylic oxidation sites excluding steroid dienone is 1. The number of anilines is 1. The molecule has 2 aromatic rings. The van der Waals surface area contributed by atoms with Gasteiger partial charge < -0.3 is 10.5 Å². The number of hydrogen-bond donors (Lipinski definition) is 1. The first-order valence-corrected chi connectivity index (χ1v) is 8.29. The van der Waals surface area contributed by atoms with E-state index in [1.807, 2.05) is 41.8 Å². The fourth-order valence-corrected chi connectivity index (χ4v) is 3.36. The fourth-order valence-electron chi connectivity index (χ4n) is 2.45. The fraction of sp³-hybridized carbons (Fsp3) is 0.167. The monoisotopic (exact) mass is 329 g/mol. The largest absolute Gasteiger partial charge is 0.457 e. The van der Waals surface area contributed by atoms with Crippen LogP contribution in [0.2, 0.25) is 0 Å². The molecule has 0 bridgehead atoms. The highest BCUT2D eigenvalue weighted by atomic mass is 32.2. The first-order valence-electron chi connectivity index (χ1n) is 7.24. The third-order valence-corrected chi connectivity index (χ3v) is 4.60. The minimum atomic E-state index is -0.736. The lowest BCUT2D eigenvalue weighted by atomic mass is 9.97. The van der Waals surface area contributed by atoms with Gasteiger partial charge in [-0.05, 0) is 22.6 Å². The summed E-state index contributed by atoms with van der Waals surface area (Å²) < 4.78 is 19.9. The number of ether oxygens (including phenoxy) is 1. The average molecular weight is 329 g/mol. The number of halogens is 1. The molecule has 0 aromatic heterocycles. The third-order valence-electron chi connectivity index (χ3n) is 3.70. The van der Waals surface area contributed by atoms with Crippen molar-refractivity contribution in [3.8, 4) is 0 Å². The van der Waals surface area contributed by atoms with Crippen LogP contribution in [-0.2, 0) is 11.3 Å². The zero-order valence-electron chi connectivity index (χ0n) is 12.4. The number of nitrogen functional groups attached to an aromatic ring is 1. The van der Waals surface area contributed by atoms with Gasteiger partial charge in [0.15, 0.2) is 0 Å². The highest BCUT2D eigenvalue weighted by molar-refractivity contribution is 8.02. The Hall–Kier alpha value is -2.27. The van der Waals surface area contributed by atoms with E-state index in [0.29, 0.717) is 5.56 Å². The molecule has 0 saturated heterocycles. The van der Waals surface area contributed by atoms with Gasteiger partial charge in [-0.3, -0.25) is 0 Å². The van der Waals surface area contributed by atoms with Crippen LogP contribution >= 0.6 is 11.8 Å². The Bertz CT molecular complexity index is 746. The average Bonchev–Trinajstić information content (AvgIpc) is 3.08. The molecule has 0 radical (unpaired) electrons. The summed E-state index contributed by atoms with van der Waals surface area (Å²) in [4.78, 5) is 12.3. The molecule has 2 aromatic carbocycles. The molecule has 118 valence electrons. The normalized spacial score (nSPS) is 16.5. The van der Waals surface area contributed by atoms with E-state index in [1.165, 1.54) is 0 Å². The van der Waals surface area contributed by atoms with Gasteiger partial charge in [0.2, 0.25) is 0 Å². The number of nitrogens with two attached hydrogens (primary N) is 1. The van der Waals surface area contributed by atoms with E-state index in [9.17, 15) is 9.18 Å². The smallest absolute Gasteiger partial charge is 0.343 e. The number of rotatable bonds is 4. The summed E-state index contributed by atoms with van der Waals surface area (Å²) in [7, 11) is 0. The molecule has 1 atom stereocenters. The van der Waals surface area contributed by atoms with Gasteiger partial charge in [0, 0.05) is 17.4 Å². The van der Waals surface area contributed by atoms with E-state index in [1.54, 1.807) is 23.9 Å². The molecule has 0 aliphatic carbocycles. The van der Waals surface area contributed by atoms with Crippen molar-refractivity contribution in [3.05, 3.63) is 76.5 Å². The van der Waals surface area contributed by atoms with E-state index >= 15 is 0 Å². The molecule has 3 rings (SSSR count). The predicted octanol–water partition coefficient (Wildman–Crippen LogP) is 4.11. The maximum atomic E-state index is 14.7. The van der Waals surface area contributed by atoms with E-state index in [-0.39, 0.29) is 23.8 Å². The summed E-state index contributed by atoms with van der Waals surface area (Å²) in [5.41, 5.74) is 7.03. The molecule has 1 aliphatic heterocycles. The standard InChI is InChI=1S/C18H16FNO2S/c19-17-14(13-8-9-23-11-13)6-7-15(20)16(17)18(21)22-10-12-4-2-1-3-5-12/h1-9,13H,10-11,20H2. The van der Waals surface area contributed by atoms with Crippen molar-refractivity contribution in [2.45, 2.75) is 12.5 Å². The van der Waals surface area contributed by atoms with Crippen molar-refractivity contribution in [2.75, 3.05) is 11.5 Å². The lowest BCUT2D eigenvalue weighted by Gasteiger charge is -2.14. The molecule has 0 spiro atoms. The first-order chi connectivity index (χ1) is 11.2. The maximum Gasteiger partial charge on any atom is 0.343 e. The second-order valence-corrected chi connectivity index (χ2v) is 6.20. The Kier molecular flexibility index (Phi) is 4.67.